The molecule has 3 rings (SSSR count). The van der Waals surface area contributed by atoms with Crippen LogP contribution in [0.25, 0.3) is 0 Å². The van der Waals surface area contributed by atoms with Gasteiger partial charge in [-0.15, -0.1) is 0 Å². The normalized spacial score (nSPS) is 12.2. The van der Waals surface area contributed by atoms with E-state index in [1.54, 1.807) is 20.1 Å². The van der Waals surface area contributed by atoms with Crippen LogP contribution in [0.15, 0.2) is 30.3 Å². The number of carbonyl (C=O) groups excluding carboxylic acids is 2. The number of para-hydroxylation sites is 2. The molecule has 2 aromatic carbocycles. The number of halogens is 1. The minimum atomic E-state index is -0.541. The number of hydrogen-bond acceptors (Lipinski definition) is 7. The minimum absolute atomic E-state index is 0.00336. The Morgan fingerprint density at radius 1 is 0.971 bits per heavy atom. The van der Waals surface area contributed by atoms with Gasteiger partial charge >= 0.3 is 5.97 Å². The van der Waals surface area contributed by atoms with Gasteiger partial charge in [0.15, 0.2) is 28.8 Å². The van der Waals surface area contributed by atoms with Crippen LogP contribution in [0.2, 0.25) is 0 Å². The molecule has 2 aromatic rings. The number of nitrogens with zero attached hydrogens (tertiary/aromatic N) is 1. The van der Waals surface area contributed by atoms with E-state index >= 15 is 4.39 Å². The molecular weight excluding hydrogens is 445 g/mol. The van der Waals surface area contributed by atoms with Crippen molar-refractivity contribution in [3.8, 4) is 23.0 Å². The first-order valence-corrected chi connectivity index (χ1v) is 11.2. The third kappa shape index (κ3) is 6.09. The van der Waals surface area contributed by atoms with Crippen molar-refractivity contribution < 1.29 is 37.7 Å². The maximum Gasteiger partial charge on any atom is 0.306 e. The van der Waals surface area contributed by atoms with Gasteiger partial charge in [-0.2, -0.15) is 0 Å². The Labute approximate surface area is 198 Å². The summed E-state index contributed by atoms with van der Waals surface area (Å²) in [6.07, 6.45) is 0.522. The Balaban J connectivity index is 1.57. The number of carbonyl (C=O) groups is 2. The Morgan fingerprint density at radius 2 is 1.68 bits per heavy atom. The largest absolute Gasteiger partial charge is 0.493 e. The molecule has 0 unspecified atom stereocenters. The summed E-state index contributed by atoms with van der Waals surface area (Å²) in [5.41, 5.74) is 1.05. The van der Waals surface area contributed by atoms with Crippen molar-refractivity contribution in [3.05, 3.63) is 47.3 Å². The van der Waals surface area contributed by atoms with Crippen molar-refractivity contribution in [3.63, 3.8) is 0 Å². The van der Waals surface area contributed by atoms with Crippen LogP contribution in [0.1, 0.15) is 37.3 Å². The second-order valence-corrected chi connectivity index (χ2v) is 7.62. The Morgan fingerprint density at radius 3 is 2.38 bits per heavy atom. The van der Waals surface area contributed by atoms with E-state index in [1.165, 1.54) is 12.0 Å². The standard InChI is InChI=1S/C25H30FNO7/c1-4-32-23(29)11-10-22(28)27-15-17-14-21(31-3)25(24(26)18(17)16-27)34-13-7-12-33-20-9-6-5-8-19(20)30-2/h5-6,8-9,14H,4,7,10-13,15-16H2,1-3H3. The first kappa shape index (κ1) is 25.1. The SMILES string of the molecule is CCOC(=O)CCC(=O)N1Cc2cc(OC)c(OCCCOc3ccccc3OC)c(F)c2C1. The number of methoxy groups -OCH3 is 2. The van der Waals surface area contributed by atoms with Gasteiger partial charge in [0.05, 0.1) is 40.5 Å². The molecule has 0 aliphatic carbocycles. The highest BCUT2D eigenvalue weighted by Gasteiger charge is 2.30. The molecule has 1 amide bonds. The lowest BCUT2D eigenvalue weighted by Crippen LogP contribution is -2.26. The molecular formula is C25H30FNO7. The molecule has 0 spiro atoms. The monoisotopic (exact) mass is 475 g/mol. The fourth-order valence-electron chi connectivity index (χ4n) is 3.68. The van der Waals surface area contributed by atoms with Gasteiger partial charge in [0.25, 0.3) is 0 Å². The maximum absolute atomic E-state index is 15.3. The third-order valence-corrected chi connectivity index (χ3v) is 5.37. The number of rotatable bonds is 12. The minimum Gasteiger partial charge on any atom is -0.493 e. The molecule has 0 aromatic heterocycles. The van der Waals surface area contributed by atoms with Gasteiger partial charge < -0.3 is 28.6 Å². The fourth-order valence-corrected chi connectivity index (χ4v) is 3.68. The Bertz CT molecular complexity index is 1010. The third-order valence-electron chi connectivity index (χ3n) is 5.37. The second-order valence-electron chi connectivity index (χ2n) is 7.62. The number of benzene rings is 2. The molecule has 9 heteroatoms. The summed E-state index contributed by atoms with van der Waals surface area (Å²) >= 11 is 0. The van der Waals surface area contributed by atoms with Crippen molar-refractivity contribution in [2.75, 3.05) is 34.0 Å². The van der Waals surface area contributed by atoms with Crippen LogP contribution in [0.3, 0.4) is 0 Å². The number of amides is 1. The first-order chi connectivity index (χ1) is 16.5. The van der Waals surface area contributed by atoms with E-state index in [0.717, 1.165) is 0 Å². The van der Waals surface area contributed by atoms with Crippen molar-refractivity contribution in [2.24, 2.45) is 0 Å². The van der Waals surface area contributed by atoms with Crippen LogP contribution >= 0.6 is 0 Å². The molecule has 0 atom stereocenters. The van der Waals surface area contributed by atoms with E-state index in [9.17, 15) is 9.59 Å². The molecule has 1 aliphatic rings. The molecule has 1 aliphatic heterocycles. The van der Waals surface area contributed by atoms with Gasteiger partial charge in [-0.3, -0.25) is 9.59 Å². The molecule has 0 N–H and O–H groups in total. The number of esters is 1. The van der Waals surface area contributed by atoms with Crippen molar-refractivity contribution in [1.29, 1.82) is 0 Å². The van der Waals surface area contributed by atoms with Gasteiger partial charge in [0, 0.05) is 31.5 Å². The lowest BCUT2D eigenvalue weighted by atomic mass is 10.1. The highest BCUT2D eigenvalue weighted by Crippen LogP contribution is 2.39. The van der Waals surface area contributed by atoms with Crippen LogP contribution in [0.4, 0.5) is 4.39 Å². The van der Waals surface area contributed by atoms with Gasteiger partial charge in [-0.05, 0) is 30.7 Å². The summed E-state index contributed by atoms with van der Waals surface area (Å²) < 4.78 is 42.1. The molecule has 34 heavy (non-hydrogen) atoms. The lowest BCUT2D eigenvalue weighted by molar-refractivity contribution is -0.145. The van der Waals surface area contributed by atoms with Crippen molar-refractivity contribution in [2.45, 2.75) is 39.3 Å². The molecule has 8 nitrogen and oxygen atoms in total. The van der Waals surface area contributed by atoms with Gasteiger partial charge in [-0.25, -0.2) is 4.39 Å². The topological polar surface area (TPSA) is 83.5 Å². The van der Waals surface area contributed by atoms with Crippen LogP contribution < -0.4 is 18.9 Å². The highest BCUT2D eigenvalue weighted by atomic mass is 19.1. The van der Waals surface area contributed by atoms with Crippen molar-refractivity contribution in [1.82, 2.24) is 4.90 Å². The quantitative estimate of drug-likeness (QED) is 0.340. The zero-order valence-electron chi connectivity index (χ0n) is 19.7. The zero-order chi connectivity index (χ0) is 24.5. The molecule has 0 saturated heterocycles. The van der Waals surface area contributed by atoms with E-state index in [4.69, 9.17) is 23.7 Å². The van der Waals surface area contributed by atoms with Crippen LogP contribution in [-0.4, -0.2) is 50.8 Å². The van der Waals surface area contributed by atoms with E-state index in [2.05, 4.69) is 0 Å². The molecule has 0 bridgehead atoms. The van der Waals surface area contributed by atoms with Gasteiger partial charge in [-0.1, -0.05) is 12.1 Å². The predicted molar refractivity (Wildman–Crippen MR) is 122 cm³/mol. The van der Waals surface area contributed by atoms with Gasteiger partial charge in [0.1, 0.15) is 0 Å². The summed E-state index contributed by atoms with van der Waals surface area (Å²) in [5.74, 6) is 0.335. The highest BCUT2D eigenvalue weighted by molar-refractivity contribution is 5.82. The van der Waals surface area contributed by atoms with Gasteiger partial charge in [0.2, 0.25) is 5.91 Å². The number of fused-ring (bicyclic) bond motifs is 1. The van der Waals surface area contributed by atoms with E-state index in [-0.39, 0.29) is 56.6 Å². The summed E-state index contributed by atoms with van der Waals surface area (Å²) in [5, 5.41) is 0. The van der Waals surface area contributed by atoms with Crippen molar-refractivity contribution >= 4 is 11.9 Å². The first-order valence-electron chi connectivity index (χ1n) is 11.2. The molecule has 0 radical (unpaired) electrons. The summed E-state index contributed by atoms with van der Waals surface area (Å²) in [6.45, 7) is 2.90. The van der Waals surface area contributed by atoms with Crippen LogP contribution in [0, 0.1) is 5.82 Å². The van der Waals surface area contributed by atoms with E-state index in [1.807, 2.05) is 24.3 Å². The van der Waals surface area contributed by atoms with Crippen LogP contribution in [-0.2, 0) is 27.4 Å². The molecule has 0 saturated carbocycles. The van der Waals surface area contributed by atoms with E-state index in [0.29, 0.717) is 35.7 Å². The fraction of sp³-hybridized carbons (Fsp3) is 0.440. The zero-order valence-corrected chi connectivity index (χ0v) is 19.7. The predicted octanol–water partition coefficient (Wildman–Crippen LogP) is 3.88. The molecule has 0 fully saturated rings. The summed E-state index contributed by atoms with van der Waals surface area (Å²) in [7, 11) is 3.01. The maximum atomic E-state index is 15.3. The molecule has 1 heterocycles. The number of ether oxygens (including phenoxy) is 5. The Kier molecular flexibility index (Phi) is 8.95. The second kappa shape index (κ2) is 12.1. The Hall–Kier alpha value is -3.49. The smallest absolute Gasteiger partial charge is 0.306 e. The molecule has 184 valence electrons. The summed E-state index contributed by atoms with van der Waals surface area (Å²) in [6, 6.07) is 9.01. The average Bonchev–Trinajstić information content (AvgIpc) is 3.28. The summed E-state index contributed by atoms with van der Waals surface area (Å²) in [4.78, 5) is 25.5. The van der Waals surface area contributed by atoms with E-state index < -0.39 is 11.8 Å². The number of hydrogen-bond donors (Lipinski definition) is 0. The lowest BCUT2D eigenvalue weighted by Gasteiger charge is -2.15. The van der Waals surface area contributed by atoms with Crippen LogP contribution in [0.5, 0.6) is 23.0 Å². The average molecular weight is 476 g/mol.